The number of nitrogens with zero attached hydrogens (tertiary/aromatic N) is 2. The minimum absolute atomic E-state index is 0.757. The van der Waals surface area contributed by atoms with Gasteiger partial charge in [0.05, 0.1) is 12.3 Å². The number of H-pyrrole nitrogens is 1. The molecule has 5 nitrogen and oxygen atoms in total. The monoisotopic (exact) mass is 224 g/mol. The van der Waals surface area contributed by atoms with Crippen LogP contribution in [0.1, 0.15) is 11.5 Å². The standard InChI is InChI=1S/C9H12N4OS/c1-10-4-7-2-3-8(14-7)5-15-9-11-6-12-13-9/h2-3,6,10H,4-5H2,1H3,(H,11,12,13). The maximum Gasteiger partial charge on any atom is 0.183 e. The van der Waals surface area contributed by atoms with E-state index in [1.54, 1.807) is 11.8 Å². The highest BCUT2D eigenvalue weighted by Crippen LogP contribution is 2.19. The van der Waals surface area contributed by atoms with E-state index in [-0.39, 0.29) is 0 Å². The Hall–Kier alpha value is -1.27. The molecule has 0 fully saturated rings. The lowest BCUT2D eigenvalue weighted by molar-refractivity contribution is 0.469. The van der Waals surface area contributed by atoms with Crippen molar-refractivity contribution < 1.29 is 4.42 Å². The molecule has 2 aromatic rings. The van der Waals surface area contributed by atoms with Gasteiger partial charge in [0.25, 0.3) is 0 Å². The minimum Gasteiger partial charge on any atom is -0.464 e. The van der Waals surface area contributed by atoms with Gasteiger partial charge in [-0.15, -0.1) is 0 Å². The zero-order valence-corrected chi connectivity index (χ0v) is 9.17. The molecule has 0 saturated heterocycles. The molecular formula is C9H12N4OS. The summed E-state index contributed by atoms with van der Waals surface area (Å²) in [4.78, 5) is 4.02. The molecular weight excluding hydrogens is 212 g/mol. The van der Waals surface area contributed by atoms with Crippen molar-refractivity contribution in [2.45, 2.75) is 17.5 Å². The van der Waals surface area contributed by atoms with Crippen LogP contribution in [-0.2, 0) is 12.3 Å². The van der Waals surface area contributed by atoms with Crippen LogP contribution >= 0.6 is 11.8 Å². The summed E-state index contributed by atoms with van der Waals surface area (Å²) in [7, 11) is 1.89. The smallest absolute Gasteiger partial charge is 0.183 e. The first-order valence-corrected chi connectivity index (χ1v) is 5.57. The Balaban J connectivity index is 1.88. The van der Waals surface area contributed by atoms with Crippen LogP contribution in [0.4, 0.5) is 0 Å². The fraction of sp³-hybridized carbons (Fsp3) is 0.333. The molecule has 2 aromatic heterocycles. The molecule has 6 heteroatoms. The highest BCUT2D eigenvalue weighted by molar-refractivity contribution is 7.98. The van der Waals surface area contributed by atoms with Gasteiger partial charge in [-0.25, -0.2) is 4.98 Å². The molecule has 0 aliphatic carbocycles. The molecule has 0 aromatic carbocycles. The third kappa shape index (κ3) is 2.84. The molecule has 0 amide bonds. The lowest BCUT2D eigenvalue weighted by Crippen LogP contribution is -2.03. The molecule has 0 radical (unpaired) electrons. The first-order chi connectivity index (χ1) is 7.38. The summed E-state index contributed by atoms with van der Waals surface area (Å²) in [5.74, 6) is 2.66. The first-order valence-electron chi connectivity index (χ1n) is 4.59. The largest absolute Gasteiger partial charge is 0.464 e. The van der Waals surface area contributed by atoms with Crippen LogP contribution in [0.15, 0.2) is 28.0 Å². The number of furan rings is 1. The summed E-state index contributed by atoms with van der Waals surface area (Å²) in [5.41, 5.74) is 0. The van der Waals surface area contributed by atoms with Gasteiger partial charge in [-0.3, -0.25) is 5.10 Å². The van der Waals surface area contributed by atoms with E-state index in [2.05, 4.69) is 20.5 Å². The van der Waals surface area contributed by atoms with E-state index in [1.165, 1.54) is 6.33 Å². The fourth-order valence-corrected chi connectivity index (χ4v) is 1.85. The Kier molecular flexibility index (Phi) is 3.41. The van der Waals surface area contributed by atoms with E-state index in [0.717, 1.165) is 29.0 Å². The van der Waals surface area contributed by atoms with Gasteiger partial charge in [0, 0.05) is 0 Å². The lowest BCUT2D eigenvalue weighted by atomic mass is 10.4. The normalized spacial score (nSPS) is 10.7. The predicted molar refractivity (Wildman–Crippen MR) is 57.4 cm³/mol. The SMILES string of the molecule is CNCc1ccc(CSc2ncn[nH]2)o1. The summed E-state index contributed by atoms with van der Waals surface area (Å²) in [6.07, 6.45) is 1.50. The summed E-state index contributed by atoms with van der Waals surface area (Å²) < 4.78 is 5.58. The maximum atomic E-state index is 5.58. The van der Waals surface area contributed by atoms with E-state index < -0.39 is 0 Å². The van der Waals surface area contributed by atoms with Crippen LogP contribution in [-0.4, -0.2) is 22.2 Å². The average molecular weight is 224 g/mol. The molecule has 0 spiro atoms. The molecule has 80 valence electrons. The first kappa shape index (κ1) is 10.3. The zero-order chi connectivity index (χ0) is 10.5. The van der Waals surface area contributed by atoms with Gasteiger partial charge in [0.1, 0.15) is 17.8 Å². The van der Waals surface area contributed by atoms with Crippen LogP contribution in [0.2, 0.25) is 0 Å². The summed E-state index contributed by atoms with van der Waals surface area (Å²) in [6, 6.07) is 3.96. The van der Waals surface area contributed by atoms with Crippen molar-refractivity contribution >= 4 is 11.8 Å². The Morgan fingerprint density at radius 2 is 2.33 bits per heavy atom. The number of thioether (sulfide) groups is 1. The molecule has 0 aliphatic heterocycles. The minimum atomic E-state index is 0.757. The van der Waals surface area contributed by atoms with E-state index in [1.807, 2.05) is 19.2 Å². The number of aromatic amines is 1. The number of hydrogen-bond acceptors (Lipinski definition) is 5. The summed E-state index contributed by atoms with van der Waals surface area (Å²) >= 11 is 1.57. The molecule has 0 bridgehead atoms. The third-order valence-corrected chi connectivity index (χ3v) is 2.71. The average Bonchev–Trinajstić information content (AvgIpc) is 2.85. The van der Waals surface area contributed by atoms with E-state index in [4.69, 9.17) is 4.42 Å². The molecule has 0 saturated carbocycles. The van der Waals surface area contributed by atoms with Gasteiger partial charge in [0.15, 0.2) is 5.16 Å². The Labute approximate surface area is 91.7 Å². The Morgan fingerprint density at radius 3 is 3.07 bits per heavy atom. The second-order valence-electron chi connectivity index (χ2n) is 2.98. The Morgan fingerprint density at radius 1 is 1.47 bits per heavy atom. The van der Waals surface area contributed by atoms with Gasteiger partial charge >= 0.3 is 0 Å². The molecule has 0 atom stereocenters. The van der Waals surface area contributed by atoms with Gasteiger partial charge in [-0.2, -0.15) is 5.10 Å². The third-order valence-electron chi connectivity index (χ3n) is 1.81. The highest BCUT2D eigenvalue weighted by atomic mass is 32.2. The predicted octanol–water partition coefficient (Wildman–Crippen LogP) is 1.41. The second kappa shape index (κ2) is 4.99. The maximum absolute atomic E-state index is 5.58. The van der Waals surface area contributed by atoms with Crippen LogP contribution in [0.25, 0.3) is 0 Å². The fourth-order valence-electron chi connectivity index (χ4n) is 1.17. The second-order valence-corrected chi connectivity index (χ2v) is 3.94. The van der Waals surface area contributed by atoms with Crippen molar-refractivity contribution in [3.63, 3.8) is 0 Å². The molecule has 2 heterocycles. The Bertz CT molecular complexity index is 398. The lowest BCUT2D eigenvalue weighted by Gasteiger charge is -1.95. The van der Waals surface area contributed by atoms with Crippen molar-refractivity contribution in [1.82, 2.24) is 20.5 Å². The quantitative estimate of drug-likeness (QED) is 0.752. The van der Waals surface area contributed by atoms with Crippen molar-refractivity contribution in [1.29, 1.82) is 0 Å². The molecule has 2 N–H and O–H groups in total. The van der Waals surface area contributed by atoms with Crippen molar-refractivity contribution in [3.05, 3.63) is 30.0 Å². The van der Waals surface area contributed by atoms with Crippen molar-refractivity contribution in [3.8, 4) is 0 Å². The molecule has 0 unspecified atom stereocenters. The number of hydrogen-bond donors (Lipinski definition) is 2. The van der Waals surface area contributed by atoms with E-state index in [0.29, 0.717) is 0 Å². The van der Waals surface area contributed by atoms with Crippen LogP contribution in [0.5, 0.6) is 0 Å². The number of rotatable bonds is 5. The number of nitrogens with one attached hydrogen (secondary N) is 2. The van der Waals surface area contributed by atoms with Gasteiger partial charge in [-0.1, -0.05) is 11.8 Å². The van der Waals surface area contributed by atoms with Gasteiger partial charge < -0.3 is 9.73 Å². The zero-order valence-electron chi connectivity index (χ0n) is 8.36. The summed E-state index contributed by atoms with van der Waals surface area (Å²) in [6.45, 7) is 0.757. The van der Waals surface area contributed by atoms with Crippen LogP contribution in [0, 0.1) is 0 Å². The summed E-state index contributed by atoms with van der Waals surface area (Å²) in [5, 5.41) is 10.4. The molecule has 15 heavy (non-hydrogen) atoms. The van der Waals surface area contributed by atoms with E-state index >= 15 is 0 Å². The van der Waals surface area contributed by atoms with Gasteiger partial charge in [0.2, 0.25) is 0 Å². The van der Waals surface area contributed by atoms with Crippen LogP contribution < -0.4 is 5.32 Å². The highest BCUT2D eigenvalue weighted by Gasteiger charge is 2.03. The molecule has 0 aliphatic rings. The van der Waals surface area contributed by atoms with Crippen LogP contribution in [0.3, 0.4) is 0 Å². The topological polar surface area (TPSA) is 66.7 Å². The van der Waals surface area contributed by atoms with E-state index in [9.17, 15) is 0 Å². The van der Waals surface area contributed by atoms with Gasteiger partial charge in [-0.05, 0) is 19.2 Å². The number of aromatic nitrogens is 3. The van der Waals surface area contributed by atoms with Crippen molar-refractivity contribution in [2.75, 3.05) is 7.05 Å². The molecule has 2 rings (SSSR count). The van der Waals surface area contributed by atoms with Crippen molar-refractivity contribution in [2.24, 2.45) is 0 Å².